The molecule has 4 rings (SSSR count). The quantitative estimate of drug-likeness (QED) is 0.388. The predicted octanol–water partition coefficient (Wildman–Crippen LogP) is 3.12. The van der Waals surface area contributed by atoms with Gasteiger partial charge in [0.2, 0.25) is 16.9 Å². The van der Waals surface area contributed by atoms with Gasteiger partial charge in [0, 0.05) is 28.4 Å². The maximum Gasteiger partial charge on any atom is 0.237 e. The lowest BCUT2D eigenvalue weighted by Gasteiger charge is -2.01. The minimum absolute atomic E-state index is 0.443. The van der Waals surface area contributed by atoms with Crippen molar-refractivity contribution in [1.82, 2.24) is 30.0 Å². The largest absolute Gasteiger partial charge is 0.338 e. The summed E-state index contributed by atoms with van der Waals surface area (Å²) in [5.74, 6) is 8.14. The molecule has 27 heavy (non-hydrogen) atoms. The van der Waals surface area contributed by atoms with E-state index in [9.17, 15) is 0 Å². The zero-order valence-electron chi connectivity index (χ0n) is 14.3. The third-order valence-electron chi connectivity index (χ3n) is 3.73. The zero-order valence-corrected chi connectivity index (χ0v) is 15.9. The van der Waals surface area contributed by atoms with Gasteiger partial charge in [0.15, 0.2) is 5.82 Å². The van der Waals surface area contributed by atoms with Crippen LogP contribution in [0.5, 0.6) is 0 Å². The van der Waals surface area contributed by atoms with Gasteiger partial charge in [-0.05, 0) is 42.7 Å². The Morgan fingerprint density at radius 1 is 1.11 bits per heavy atom. The first-order valence-electron chi connectivity index (χ1n) is 7.95. The van der Waals surface area contributed by atoms with Crippen molar-refractivity contribution in [3.8, 4) is 22.8 Å². The minimum Gasteiger partial charge on any atom is -0.338 e. The van der Waals surface area contributed by atoms with Gasteiger partial charge in [-0.2, -0.15) is 4.98 Å². The van der Waals surface area contributed by atoms with Crippen LogP contribution in [-0.4, -0.2) is 36.3 Å². The monoisotopic (exact) mass is 397 g/mol. The summed E-state index contributed by atoms with van der Waals surface area (Å²) in [6, 6.07) is 11.7. The van der Waals surface area contributed by atoms with Crippen molar-refractivity contribution in [2.75, 3.05) is 12.1 Å². The van der Waals surface area contributed by atoms with Crippen LogP contribution >= 0.6 is 23.5 Å². The van der Waals surface area contributed by atoms with Gasteiger partial charge in [-0.1, -0.05) is 16.9 Å². The highest BCUT2D eigenvalue weighted by Gasteiger charge is 2.15. The molecular weight excluding hydrogens is 382 g/mol. The summed E-state index contributed by atoms with van der Waals surface area (Å²) in [5.41, 5.74) is 1.71. The van der Waals surface area contributed by atoms with Crippen LogP contribution in [0.25, 0.3) is 22.8 Å². The Balaban J connectivity index is 1.45. The number of nitrogens with two attached hydrogens (primary N) is 1. The Bertz CT molecular complexity index is 1030. The number of hydrogen-bond acceptors (Lipinski definition) is 9. The fourth-order valence-corrected chi connectivity index (χ4v) is 3.47. The van der Waals surface area contributed by atoms with E-state index in [1.807, 2.05) is 42.7 Å². The summed E-state index contributed by atoms with van der Waals surface area (Å²) in [4.78, 5) is 9.69. The van der Waals surface area contributed by atoms with E-state index >= 15 is 0 Å². The average Bonchev–Trinajstić information content (AvgIpc) is 3.34. The molecule has 0 aliphatic carbocycles. The van der Waals surface area contributed by atoms with Crippen LogP contribution < -0.4 is 5.84 Å². The minimum atomic E-state index is 0.443. The summed E-state index contributed by atoms with van der Waals surface area (Å²) >= 11 is 3.06. The highest BCUT2D eigenvalue weighted by atomic mass is 32.2. The van der Waals surface area contributed by atoms with E-state index in [0.29, 0.717) is 28.4 Å². The molecule has 2 N–H and O–H groups in total. The lowest BCUT2D eigenvalue weighted by molar-refractivity contribution is 0.391. The number of hydrogen-bond donors (Lipinski definition) is 1. The molecule has 0 saturated carbocycles. The third-order valence-corrected chi connectivity index (χ3v) is 5.40. The predicted molar refractivity (Wildman–Crippen MR) is 104 cm³/mol. The number of nitrogen functional groups attached to an aromatic ring is 1. The molecule has 0 fully saturated rings. The van der Waals surface area contributed by atoms with Gasteiger partial charge in [-0.25, -0.2) is 4.68 Å². The van der Waals surface area contributed by atoms with E-state index < -0.39 is 0 Å². The first kappa shape index (κ1) is 17.6. The topological polar surface area (TPSA) is 109 Å². The molecular formula is C17H15N7OS2. The van der Waals surface area contributed by atoms with Crippen LogP contribution in [0.4, 0.5) is 0 Å². The van der Waals surface area contributed by atoms with Gasteiger partial charge in [0.1, 0.15) is 0 Å². The summed E-state index contributed by atoms with van der Waals surface area (Å²) in [6.07, 6.45) is 5.42. The second-order valence-electron chi connectivity index (χ2n) is 5.45. The Morgan fingerprint density at radius 2 is 1.96 bits per heavy atom. The highest BCUT2D eigenvalue weighted by molar-refractivity contribution is 7.98. The number of nitrogens with zero attached hydrogens (tertiary/aromatic N) is 6. The van der Waals surface area contributed by atoms with Crippen LogP contribution in [0.3, 0.4) is 0 Å². The number of aromatic nitrogens is 6. The Hall–Kier alpha value is -2.85. The molecule has 1 aromatic carbocycles. The molecule has 136 valence electrons. The Labute approximate surface area is 163 Å². The fourth-order valence-electron chi connectivity index (χ4n) is 2.36. The Kier molecular flexibility index (Phi) is 5.07. The molecule has 0 spiro atoms. The van der Waals surface area contributed by atoms with Gasteiger partial charge in [-0.15, -0.1) is 22.0 Å². The Morgan fingerprint density at radius 3 is 2.70 bits per heavy atom. The number of benzene rings is 1. The molecule has 8 nitrogen and oxygen atoms in total. The summed E-state index contributed by atoms with van der Waals surface area (Å²) in [6.45, 7) is 0. The van der Waals surface area contributed by atoms with E-state index in [2.05, 4.69) is 25.3 Å². The molecule has 0 bridgehead atoms. The van der Waals surface area contributed by atoms with Gasteiger partial charge in [0.05, 0.1) is 5.75 Å². The van der Waals surface area contributed by atoms with Crippen molar-refractivity contribution in [2.24, 2.45) is 0 Å². The van der Waals surface area contributed by atoms with Crippen molar-refractivity contribution in [3.63, 3.8) is 0 Å². The lowest BCUT2D eigenvalue weighted by Crippen LogP contribution is -2.11. The smallest absolute Gasteiger partial charge is 0.237 e. The fraction of sp³-hybridized carbons (Fsp3) is 0.118. The molecule has 0 atom stereocenters. The molecule has 0 aliphatic rings. The molecule has 0 amide bonds. The van der Waals surface area contributed by atoms with Crippen LogP contribution in [-0.2, 0) is 5.75 Å². The molecule has 4 aromatic rings. The van der Waals surface area contributed by atoms with E-state index in [-0.39, 0.29) is 0 Å². The van der Waals surface area contributed by atoms with Crippen LogP contribution in [0.15, 0.2) is 63.4 Å². The van der Waals surface area contributed by atoms with Gasteiger partial charge >= 0.3 is 0 Å². The van der Waals surface area contributed by atoms with Gasteiger partial charge in [-0.3, -0.25) is 4.98 Å². The standard InChI is InChI=1S/C17H15N7OS2/c1-26-13-6-4-11(5-7-13)15-20-14(25-23-15)10-27-17-22-21-16(24(17)18)12-3-2-8-19-9-12/h2-9H,10,18H2,1H3. The second-order valence-corrected chi connectivity index (χ2v) is 7.27. The van der Waals surface area contributed by atoms with Crippen molar-refractivity contribution in [2.45, 2.75) is 15.8 Å². The van der Waals surface area contributed by atoms with Crippen LogP contribution in [0.2, 0.25) is 0 Å². The molecule has 0 aliphatic heterocycles. The molecule has 0 radical (unpaired) electrons. The van der Waals surface area contributed by atoms with Crippen LogP contribution in [0.1, 0.15) is 5.89 Å². The second kappa shape index (κ2) is 7.80. The van der Waals surface area contributed by atoms with Crippen molar-refractivity contribution < 1.29 is 4.52 Å². The van der Waals surface area contributed by atoms with Crippen LogP contribution in [0, 0.1) is 0 Å². The lowest BCUT2D eigenvalue weighted by atomic mass is 10.2. The maximum atomic E-state index is 6.10. The average molecular weight is 397 g/mol. The normalized spacial score (nSPS) is 11.0. The molecule has 10 heteroatoms. The summed E-state index contributed by atoms with van der Waals surface area (Å²) in [5, 5.41) is 12.8. The molecule has 0 saturated heterocycles. The maximum absolute atomic E-state index is 6.10. The molecule has 3 aromatic heterocycles. The van der Waals surface area contributed by atoms with E-state index in [1.54, 1.807) is 24.2 Å². The summed E-state index contributed by atoms with van der Waals surface area (Å²) in [7, 11) is 0. The van der Waals surface area contributed by atoms with E-state index in [1.165, 1.54) is 21.3 Å². The summed E-state index contributed by atoms with van der Waals surface area (Å²) < 4.78 is 6.76. The van der Waals surface area contributed by atoms with Crippen molar-refractivity contribution in [1.29, 1.82) is 0 Å². The SMILES string of the molecule is CSc1ccc(-c2noc(CSc3nnc(-c4cccnc4)n3N)n2)cc1. The molecule has 0 unspecified atom stereocenters. The van der Waals surface area contributed by atoms with Crippen molar-refractivity contribution in [3.05, 3.63) is 54.7 Å². The number of pyridine rings is 1. The first-order valence-corrected chi connectivity index (χ1v) is 10.2. The van der Waals surface area contributed by atoms with Gasteiger partial charge in [0.25, 0.3) is 0 Å². The highest BCUT2D eigenvalue weighted by Crippen LogP contribution is 2.25. The third kappa shape index (κ3) is 3.81. The number of rotatable bonds is 6. The van der Waals surface area contributed by atoms with E-state index in [4.69, 9.17) is 10.4 Å². The van der Waals surface area contributed by atoms with Crippen molar-refractivity contribution >= 4 is 23.5 Å². The molecule has 3 heterocycles. The number of thioether (sulfide) groups is 2. The zero-order chi connectivity index (χ0) is 18.6. The van der Waals surface area contributed by atoms with E-state index in [0.717, 1.165) is 11.1 Å². The first-order chi connectivity index (χ1) is 13.2. The van der Waals surface area contributed by atoms with Gasteiger partial charge < -0.3 is 10.4 Å².